The third kappa shape index (κ3) is 3.82. The van der Waals surface area contributed by atoms with Crippen molar-refractivity contribution in [3.8, 4) is 11.5 Å². The number of nitrogens with two attached hydrogens (primary N) is 1. The Morgan fingerprint density at radius 1 is 1.47 bits per heavy atom. The molecule has 2 aromatic rings. The van der Waals surface area contributed by atoms with Gasteiger partial charge in [-0.15, -0.1) is 0 Å². The Kier molecular flexibility index (Phi) is 5.00. The van der Waals surface area contributed by atoms with Crippen molar-refractivity contribution < 1.29 is 9.26 Å². The molecule has 0 amide bonds. The summed E-state index contributed by atoms with van der Waals surface area (Å²) >= 11 is 3.32. The molecule has 0 fully saturated rings. The SMILES string of the molecule is COCCCC(N)c1nc(-c2ccc(Br)cn2)no1. The molecule has 0 bridgehead atoms. The number of methoxy groups -OCH3 is 1. The van der Waals surface area contributed by atoms with Crippen LogP contribution in [0.3, 0.4) is 0 Å². The van der Waals surface area contributed by atoms with Gasteiger partial charge in [-0.05, 0) is 40.9 Å². The van der Waals surface area contributed by atoms with Gasteiger partial charge in [0.15, 0.2) is 0 Å². The van der Waals surface area contributed by atoms with Gasteiger partial charge in [0, 0.05) is 24.4 Å². The molecule has 0 radical (unpaired) electrons. The first-order chi connectivity index (χ1) is 9.20. The molecule has 0 saturated carbocycles. The van der Waals surface area contributed by atoms with Crippen LogP contribution in [0.5, 0.6) is 0 Å². The second-order valence-electron chi connectivity index (χ2n) is 4.06. The van der Waals surface area contributed by atoms with Gasteiger partial charge in [-0.1, -0.05) is 5.16 Å². The molecule has 2 aromatic heterocycles. The normalized spacial score (nSPS) is 12.6. The molecule has 2 heterocycles. The number of hydrogen-bond acceptors (Lipinski definition) is 6. The van der Waals surface area contributed by atoms with Crippen molar-refractivity contribution in [2.75, 3.05) is 13.7 Å². The molecule has 0 aliphatic carbocycles. The zero-order chi connectivity index (χ0) is 13.7. The summed E-state index contributed by atoms with van der Waals surface area (Å²) in [6, 6.07) is 3.42. The Morgan fingerprint density at radius 2 is 2.32 bits per heavy atom. The summed E-state index contributed by atoms with van der Waals surface area (Å²) in [6.45, 7) is 0.670. The van der Waals surface area contributed by atoms with Crippen LogP contribution in [0.2, 0.25) is 0 Å². The highest BCUT2D eigenvalue weighted by atomic mass is 79.9. The van der Waals surface area contributed by atoms with E-state index >= 15 is 0 Å². The van der Waals surface area contributed by atoms with Gasteiger partial charge in [-0.3, -0.25) is 4.98 Å². The van der Waals surface area contributed by atoms with Crippen molar-refractivity contribution in [1.82, 2.24) is 15.1 Å². The zero-order valence-electron chi connectivity index (χ0n) is 10.5. The van der Waals surface area contributed by atoms with E-state index in [2.05, 4.69) is 31.1 Å². The van der Waals surface area contributed by atoms with E-state index in [0.29, 0.717) is 24.0 Å². The van der Waals surface area contributed by atoms with Gasteiger partial charge < -0.3 is 15.0 Å². The Labute approximate surface area is 119 Å². The highest BCUT2D eigenvalue weighted by Gasteiger charge is 2.15. The van der Waals surface area contributed by atoms with Crippen molar-refractivity contribution in [1.29, 1.82) is 0 Å². The Hall–Kier alpha value is -1.31. The standard InChI is InChI=1S/C12H15BrN4O2/c1-18-6-2-3-9(14)12-16-11(17-19-12)10-5-4-8(13)7-15-10/h4-5,7,9H,2-3,6,14H2,1H3. The molecule has 2 rings (SSSR count). The minimum Gasteiger partial charge on any atom is -0.385 e. The Balaban J connectivity index is 2.04. The summed E-state index contributed by atoms with van der Waals surface area (Å²) in [7, 11) is 1.66. The van der Waals surface area contributed by atoms with E-state index in [1.165, 1.54) is 0 Å². The third-order valence-corrected chi connectivity index (χ3v) is 3.05. The first-order valence-corrected chi connectivity index (χ1v) is 6.70. The lowest BCUT2D eigenvalue weighted by molar-refractivity contribution is 0.188. The number of ether oxygens (including phenoxy) is 1. The van der Waals surface area contributed by atoms with E-state index in [1.807, 2.05) is 12.1 Å². The summed E-state index contributed by atoms with van der Waals surface area (Å²) in [5.41, 5.74) is 6.63. The number of rotatable bonds is 6. The van der Waals surface area contributed by atoms with Gasteiger partial charge in [-0.25, -0.2) is 0 Å². The third-order valence-electron chi connectivity index (χ3n) is 2.58. The van der Waals surface area contributed by atoms with Crippen LogP contribution in [0.15, 0.2) is 27.3 Å². The highest BCUT2D eigenvalue weighted by Crippen LogP contribution is 2.19. The molecule has 6 nitrogen and oxygen atoms in total. The average molecular weight is 327 g/mol. The smallest absolute Gasteiger partial charge is 0.243 e. The molecule has 2 N–H and O–H groups in total. The van der Waals surface area contributed by atoms with Gasteiger partial charge in [0.1, 0.15) is 5.69 Å². The van der Waals surface area contributed by atoms with Crippen molar-refractivity contribution in [3.63, 3.8) is 0 Å². The van der Waals surface area contributed by atoms with E-state index in [1.54, 1.807) is 13.3 Å². The Bertz CT molecular complexity index is 515. The second kappa shape index (κ2) is 6.74. The maximum Gasteiger partial charge on any atom is 0.243 e. The number of aromatic nitrogens is 3. The first kappa shape index (κ1) is 14.1. The van der Waals surface area contributed by atoms with Crippen molar-refractivity contribution in [3.05, 3.63) is 28.7 Å². The predicted octanol–water partition coefficient (Wildman–Crippen LogP) is 2.32. The number of pyridine rings is 1. The zero-order valence-corrected chi connectivity index (χ0v) is 12.1. The van der Waals surface area contributed by atoms with Crippen LogP contribution >= 0.6 is 15.9 Å². The summed E-state index contributed by atoms with van der Waals surface area (Å²) in [5.74, 6) is 0.875. The maximum atomic E-state index is 5.97. The molecular formula is C12H15BrN4O2. The molecule has 102 valence electrons. The van der Waals surface area contributed by atoms with Crippen molar-refractivity contribution in [2.24, 2.45) is 5.73 Å². The monoisotopic (exact) mass is 326 g/mol. The lowest BCUT2D eigenvalue weighted by Crippen LogP contribution is -2.11. The van der Waals surface area contributed by atoms with E-state index in [4.69, 9.17) is 15.0 Å². The van der Waals surface area contributed by atoms with Crippen LogP contribution in [0.4, 0.5) is 0 Å². The van der Waals surface area contributed by atoms with Gasteiger partial charge in [0.05, 0.1) is 6.04 Å². The first-order valence-electron chi connectivity index (χ1n) is 5.90. The number of nitrogens with zero attached hydrogens (tertiary/aromatic N) is 3. The fourth-order valence-electron chi connectivity index (χ4n) is 1.57. The van der Waals surface area contributed by atoms with Crippen LogP contribution in [0.1, 0.15) is 24.8 Å². The van der Waals surface area contributed by atoms with Gasteiger partial charge >= 0.3 is 0 Å². The number of hydrogen-bond donors (Lipinski definition) is 1. The maximum absolute atomic E-state index is 5.97. The summed E-state index contributed by atoms with van der Waals surface area (Å²) < 4.78 is 11.0. The highest BCUT2D eigenvalue weighted by molar-refractivity contribution is 9.10. The summed E-state index contributed by atoms with van der Waals surface area (Å²) in [4.78, 5) is 8.47. The predicted molar refractivity (Wildman–Crippen MR) is 73.3 cm³/mol. The fourth-order valence-corrected chi connectivity index (χ4v) is 1.80. The molecule has 7 heteroatoms. The minimum absolute atomic E-state index is 0.271. The van der Waals surface area contributed by atoms with Crippen LogP contribution in [-0.4, -0.2) is 28.8 Å². The minimum atomic E-state index is -0.271. The largest absolute Gasteiger partial charge is 0.385 e. The molecular weight excluding hydrogens is 312 g/mol. The molecule has 0 aliphatic rings. The average Bonchev–Trinajstić information content (AvgIpc) is 2.89. The molecule has 0 aromatic carbocycles. The van der Waals surface area contributed by atoms with E-state index < -0.39 is 0 Å². The summed E-state index contributed by atoms with van der Waals surface area (Å²) in [6.07, 6.45) is 3.28. The van der Waals surface area contributed by atoms with Crippen LogP contribution < -0.4 is 5.73 Å². The molecule has 0 spiro atoms. The van der Waals surface area contributed by atoms with Crippen LogP contribution in [0.25, 0.3) is 11.5 Å². The Morgan fingerprint density at radius 3 is 3.00 bits per heavy atom. The topological polar surface area (TPSA) is 87.1 Å². The van der Waals surface area contributed by atoms with E-state index in [0.717, 1.165) is 17.3 Å². The van der Waals surface area contributed by atoms with Crippen molar-refractivity contribution >= 4 is 15.9 Å². The summed E-state index contributed by atoms with van der Waals surface area (Å²) in [5, 5.41) is 3.89. The van der Waals surface area contributed by atoms with Gasteiger partial charge in [0.25, 0.3) is 0 Å². The van der Waals surface area contributed by atoms with Crippen molar-refractivity contribution in [2.45, 2.75) is 18.9 Å². The van der Waals surface area contributed by atoms with Crippen LogP contribution in [0, 0.1) is 0 Å². The quantitative estimate of drug-likeness (QED) is 0.819. The second-order valence-corrected chi connectivity index (χ2v) is 4.98. The molecule has 19 heavy (non-hydrogen) atoms. The van der Waals surface area contributed by atoms with Gasteiger partial charge in [-0.2, -0.15) is 4.98 Å². The lowest BCUT2D eigenvalue weighted by atomic mass is 10.2. The van der Waals surface area contributed by atoms with E-state index in [-0.39, 0.29) is 6.04 Å². The molecule has 0 aliphatic heterocycles. The number of halogens is 1. The van der Waals surface area contributed by atoms with E-state index in [9.17, 15) is 0 Å². The fraction of sp³-hybridized carbons (Fsp3) is 0.417. The van der Waals surface area contributed by atoms with Gasteiger partial charge in [0.2, 0.25) is 11.7 Å². The molecule has 1 unspecified atom stereocenters. The van der Waals surface area contributed by atoms with Crippen LogP contribution in [-0.2, 0) is 4.74 Å². The lowest BCUT2D eigenvalue weighted by Gasteiger charge is -2.04. The molecule has 0 saturated heterocycles. The molecule has 1 atom stereocenters.